The van der Waals surface area contributed by atoms with Gasteiger partial charge in [0.2, 0.25) is 17.2 Å². The first-order chi connectivity index (χ1) is 9.52. The summed E-state index contributed by atoms with van der Waals surface area (Å²) in [7, 11) is 0. The van der Waals surface area contributed by atoms with Crippen molar-refractivity contribution in [2.45, 2.75) is 52.1 Å². The molecule has 6 heteroatoms. The number of halogens is 1. The molecular weight excluding hydrogens is 274 g/mol. The standard InChI is InChI=1S/C14H22ClN5/c1-7-6-11(7)9(3)17-14-19-12(15)18-13(20-14)16-8(2)10-4-5-10/h7-11H,4-6H2,1-3H3,(H2,16,17,18,19,20)/t7?,8-,9-,11?/m1/s1. The lowest BCUT2D eigenvalue weighted by atomic mass is 10.2. The van der Waals surface area contributed by atoms with Crippen molar-refractivity contribution < 1.29 is 0 Å². The van der Waals surface area contributed by atoms with Crippen LogP contribution in [0.25, 0.3) is 0 Å². The maximum Gasteiger partial charge on any atom is 0.229 e. The van der Waals surface area contributed by atoms with Gasteiger partial charge in [-0.25, -0.2) is 0 Å². The van der Waals surface area contributed by atoms with Crippen molar-refractivity contribution in [2.24, 2.45) is 17.8 Å². The van der Waals surface area contributed by atoms with Gasteiger partial charge in [-0.05, 0) is 62.5 Å². The molecule has 0 aromatic carbocycles. The van der Waals surface area contributed by atoms with Crippen LogP contribution < -0.4 is 10.6 Å². The van der Waals surface area contributed by atoms with Gasteiger partial charge in [0.25, 0.3) is 0 Å². The van der Waals surface area contributed by atoms with E-state index in [1.54, 1.807) is 0 Å². The molecule has 2 unspecified atom stereocenters. The predicted octanol–water partition coefficient (Wildman–Crippen LogP) is 3.19. The van der Waals surface area contributed by atoms with Gasteiger partial charge in [0.1, 0.15) is 0 Å². The first-order valence-corrected chi connectivity index (χ1v) is 7.85. The minimum atomic E-state index is 0.240. The number of rotatable bonds is 6. The third kappa shape index (κ3) is 3.32. The van der Waals surface area contributed by atoms with E-state index in [2.05, 4.69) is 46.4 Å². The van der Waals surface area contributed by atoms with Crippen molar-refractivity contribution in [3.05, 3.63) is 5.28 Å². The lowest BCUT2D eigenvalue weighted by Gasteiger charge is -2.16. The van der Waals surface area contributed by atoms with Crippen LogP contribution in [-0.4, -0.2) is 27.0 Å². The summed E-state index contributed by atoms with van der Waals surface area (Å²) in [6.07, 6.45) is 3.85. The van der Waals surface area contributed by atoms with E-state index in [4.69, 9.17) is 11.6 Å². The van der Waals surface area contributed by atoms with Gasteiger partial charge in [-0.1, -0.05) is 6.92 Å². The van der Waals surface area contributed by atoms with Crippen LogP contribution >= 0.6 is 11.6 Å². The van der Waals surface area contributed by atoms with Crippen LogP contribution in [0, 0.1) is 17.8 Å². The normalized spacial score (nSPS) is 27.8. The Morgan fingerprint density at radius 2 is 1.60 bits per heavy atom. The van der Waals surface area contributed by atoms with Crippen LogP contribution in [0.4, 0.5) is 11.9 Å². The molecule has 0 aliphatic heterocycles. The SMILES string of the molecule is CC1CC1[C@@H](C)Nc1nc(Cl)nc(N[C@H](C)C2CC2)n1. The highest BCUT2D eigenvalue weighted by Crippen LogP contribution is 2.41. The summed E-state index contributed by atoms with van der Waals surface area (Å²) < 4.78 is 0. The molecule has 1 aromatic rings. The molecule has 1 aromatic heterocycles. The second-order valence-electron chi connectivity index (χ2n) is 6.33. The zero-order valence-corrected chi connectivity index (χ0v) is 13.0. The number of hydrogen-bond acceptors (Lipinski definition) is 5. The van der Waals surface area contributed by atoms with Gasteiger partial charge in [0.05, 0.1) is 0 Å². The monoisotopic (exact) mass is 295 g/mol. The lowest BCUT2D eigenvalue weighted by Crippen LogP contribution is -2.23. The minimum Gasteiger partial charge on any atom is -0.351 e. The number of nitrogens with zero attached hydrogens (tertiary/aromatic N) is 3. The van der Waals surface area contributed by atoms with Gasteiger partial charge in [-0.2, -0.15) is 15.0 Å². The van der Waals surface area contributed by atoms with E-state index in [-0.39, 0.29) is 5.28 Å². The number of hydrogen-bond donors (Lipinski definition) is 2. The van der Waals surface area contributed by atoms with Crippen LogP contribution in [0.3, 0.4) is 0 Å². The van der Waals surface area contributed by atoms with Crippen LogP contribution in [0.5, 0.6) is 0 Å². The van der Waals surface area contributed by atoms with Crippen molar-refractivity contribution in [3.63, 3.8) is 0 Å². The fourth-order valence-electron chi connectivity index (χ4n) is 2.76. The molecule has 20 heavy (non-hydrogen) atoms. The van der Waals surface area contributed by atoms with E-state index in [1.165, 1.54) is 19.3 Å². The van der Waals surface area contributed by atoms with Gasteiger partial charge in [-0.3, -0.25) is 0 Å². The highest BCUT2D eigenvalue weighted by atomic mass is 35.5. The molecule has 2 fully saturated rings. The van der Waals surface area contributed by atoms with Gasteiger partial charge >= 0.3 is 0 Å². The van der Waals surface area contributed by atoms with E-state index in [0.29, 0.717) is 29.9 Å². The zero-order chi connectivity index (χ0) is 14.3. The molecule has 0 amide bonds. The Morgan fingerprint density at radius 3 is 2.10 bits per heavy atom. The Kier molecular flexibility index (Phi) is 3.71. The van der Waals surface area contributed by atoms with Crippen molar-refractivity contribution in [2.75, 3.05) is 10.6 Å². The minimum absolute atomic E-state index is 0.240. The summed E-state index contributed by atoms with van der Waals surface area (Å²) in [6.45, 7) is 6.61. The number of anilines is 2. The summed E-state index contributed by atoms with van der Waals surface area (Å²) in [5.41, 5.74) is 0. The highest BCUT2D eigenvalue weighted by Gasteiger charge is 2.37. The largest absolute Gasteiger partial charge is 0.351 e. The van der Waals surface area contributed by atoms with Crippen LogP contribution in [0.1, 0.15) is 40.0 Å². The van der Waals surface area contributed by atoms with E-state index in [0.717, 1.165) is 11.8 Å². The van der Waals surface area contributed by atoms with E-state index in [1.807, 2.05) is 0 Å². The first-order valence-electron chi connectivity index (χ1n) is 7.47. The maximum absolute atomic E-state index is 5.99. The van der Waals surface area contributed by atoms with Crippen LogP contribution in [0.2, 0.25) is 5.28 Å². The average molecular weight is 296 g/mol. The molecule has 4 atom stereocenters. The van der Waals surface area contributed by atoms with Crippen molar-refractivity contribution in [1.29, 1.82) is 0 Å². The second kappa shape index (κ2) is 5.35. The Bertz CT molecular complexity index is 490. The van der Waals surface area contributed by atoms with Gasteiger partial charge in [-0.15, -0.1) is 0 Å². The smallest absolute Gasteiger partial charge is 0.229 e. The maximum atomic E-state index is 5.99. The Morgan fingerprint density at radius 1 is 1.05 bits per heavy atom. The Labute approximate surface area is 124 Å². The Hall–Kier alpha value is -1.10. The number of nitrogens with one attached hydrogen (secondary N) is 2. The summed E-state index contributed by atoms with van der Waals surface area (Å²) in [5, 5.41) is 6.91. The Balaban J connectivity index is 1.65. The topological polar surface area (TPSA) is 62.7 Å². The van der Waals surface area contributed by atoms with Gasteiger partial charge < -0.3 is 10.6 Å². The van der Waals surface area contributed by atoms with E-state index >= 15 is 0 Å². The molecule has 0 spiro atoms. The molecule has 3 rings (SSSR count). The highest BCUT2D eigenvalue weighted by molar-refractivity contribution is 6.28. The molecule has 0 saturated heterocycles. The third-order valence-electron chi connectivity index (χ3n) is 4.46. The zero-order valence-electron chi connectivity index (χ0n) is 12.2. The molecule has 5 nitrogen and oxygen atoms in total. The molecule has 0 radical (unpaired) electrons. The first kappa shape index (κ1) is 13.9. The predicted molar refractivity (Wildman–Crippen MR) is 81.0 cm³/mol. The molecule has 2 aliphatic rings. The molecule has 110 valence electrons. The quantitative estimate of drug-likeness (QED) is 0.844. The van der Waals surface area contributed by atoms with E-state index < -0.39 is 0 Å². The number of aromatic nitrogens is 3. The van der Waals surface area contributed by atoms with Gasteiger partial charge in [0.15, 0.2) is 0 Å². The molecule has 1 heterocycles. The summed E-state index contributed by atoms with van der Waals surface area (Å²) in [4.78, 5) is 12.8. The average Bonchev–Trinajstić information content (AvgIpc) is 3.22. The summed E-state index contributed by atoms with van der Waals surface area (Å²) >= 11 is 5.99. The molecular formula is C14H22ClN5. The van der Waals surface area contributed by atoms with E-state index in [9.17, 15) is 0 Å². The fraction of sp³-hybridized carbons (Fsp3) is 0.786. The van der Waals surface area contributed by atoms with Crippen LogP contribution in [0.15, 0.2) is 0 Å². The summed E-state index contributed by atoms with van der Waals surface area (Å²) in [5.74, 6) is 3.40. The lowest BCUT2D eigenvalue weighted by molar-refractivity contribution is 0.638. The summed E-state index contributed by atoms with van der Waals surface area (Å²) in [6, 6.07) is 0.763. The van der Waals surface area contributed by atoms with Crippen molar-refractivity contribution in [1.82, 2.24) is 15.0 Å². The van der Waals surface area contributed by atoms with Crippen molar-refractivity contribution in [3.8, 4) is 0 Å². The molecule has 2 saturated carbocycles. The molecule has 2 N–H and O–H groups in total. The van der Waals surface area contributed by atoms with Gasteiger partial charge in [0, 0.05) is 12.1 Å². The van der Waals surface area contributed by atoms with Crippen molar-refractivity contribution >= 4 is 23.5 Å². The molecule has 0 bridgehead atoms. The van der Waals surface area contributed by atoms with Crippen LogP contribution in [-0.2, 0) is 0 Å². The third-order valence-corrected chi connectivity index (χ3v) is 4.63. The molecule has 2 aliphatic carbocycles. The second-order valence-corrected chi connectivity index (χ2v) is 6.67. The fourth-order valence-corrected chi connectivity index (χ4v) is 2.92.